The minimum absolute atomic E-state index is 0.0499. The molecule has 2 heterocycles. The summed E-state index contributed by atoms with van der Waals surface area (Å²) in [7, 11) is 0. The van der Waals surface area contributed by atoms with Crippen LogP contribution in [-0.4, -0.2) is 47.1 Å². The Labute approximate surface area is 134 Å². The SMILES string of the molecule is CCCC[C@H]1ON(C(=O)CCC2=CCOC2=O)N=C(C)O[C@H]1O. The maximum absolute atomic E-state index is 12.3. The van der Waals surface area contributed by atoms with Crippen LogP contribution < -0.4 is 0 Å². The Balaban J connectivity index is 1.96. The lowest BCUT2D eigenvalue weighted by Gasteiger charge is -2.22. The first-order valence-corrected chi connectivity index (χ1v) is 7.77. The van der Waals surface area contributed by atoms with E-state index >= 15 is 0 Å². The molecule has 0 unspecified atom stereocenters. The summed E-state index contributed by atoms with van der Waals surface area (Å²) < 4.78 is 9.98. The molecule has 8 heteroatoms. The number of esters is 1. The van der Waals surface area contributed by atoms with Crippen LogP contribution in [0.2, 0.25) is 0 Å². The third-order valence-corrected chi connectivity index (χ3v) is 3.55. The number of cyclic esters (lactones) is 1. The van der Waals surface area contributed by atoms with Crippen LogP contribution in [0.25, 0.3) is 0 Å². The van der Waals surface area contributed by atoms with Crippen molar-refractivity contribution in [3.05, 3.63) is 11.6 Å². The molecule has 0 aromatic carbocycles. The average Bonchev–Trinajstić information content (AvgIpc) is 2.85. The first-order chi connectivity index (χ1) is 11.0. The molecule has 2 aliphatic heterocycles. The van der Waals surface area contributed by atoms with E-state index in [0.717, 1.165) is 18.0 Å². The van der Waals surface area contributed by atoms with Crippen molar-refractivity contribution in [2.45, 2.75) is 58.3 Å². The lowest BCUT2D eigenvalue weighted by molar-refractivity contribution is -0.238. The summed E-state index contributed by atoms with van der Waals surface area (Å²) in [5, 5.41) is 14.7. The summed E-state index contributed by atoms with van der Waals surface area (Å²) in [4.78, 5) is 29.1. The molecule has 1 N–H and O–H groups in total. The second kappa shape index (κ2) is 8.07. The fraction of sp³-hybridized carbons (Fsp3) is 0.667. The fourth-order valence-corrected chi connectivity index (χ4v) is 2.26. The zero-order valence-corrected chi connectivity index (χ0v) is 13.4. The lowest BCUT2D eigenvalue weighted by atomic mass is 10.1. The Bertz CT molecular complexity index is 516. The number of carbonyl (C=O) groups excluding carboxylic acids is 2. The number of carbonyl (C=O) groups is 2. The van der Waals surface area contributed by atoms with E-state index in [1.54, 1.807) is 6.08 Å². The van der Waals surface area contributed by atoms with Crippen LogP contribution >= 0.6 is 0 Å². The summed E-state index contributed by atoms with van der Waals surface area (Å²) in [6, 6.07) is 0. The van der Waals surface area contributed by atoms with Gasteiger partial charge >= 0.3 is 5.97 Å². The Morgan fingerprint density at radius 3 is 2.96 bits per heavy atom. The number of aliphatic hydroxyl groups excluding tert-OH is 1. The van der Waals surface area contributed by atoms with Gasteiger partial charge in [0.1, 0.15) is 12.7 Å². The largest absolute Gasteiger partial charge is 0.458 e. The highest BCUT2D eigenvalue weighted by molar-refractivity contribution is 5.91. The molecular weight excluding hydrogens is 304 g/mol. The van der Waals surface area contributed by atoms with Gasteiger partial charge < -0.3 is 14.6 Å². The fourth-order valence-electron chi connectivity index (χ4n) is 2.26. The van der Waals surface area contributed by atoms with Gasteiger partial charge in [0.25, 0.3) is 5.91 Å². The summed E-state index contributed by atoms with van der Waals surface area (Å²) in [5.41, 5.74) is 0.479. The number of nitrogens with zero attached hydrogens (tertiary/aromatic N) is 2. The van der Waals surface area contributed by atoms with Gasteiger partial charge in [0, 0.05) is 18.9 Å². The molecular formula is C15H22N2O6. The molecule has 8 nitrogen and oxygen atoms in total. The van der Waals surface area contributed by atoms with Crippen LogP contribution in [0.1, 0.15) is 46.0 Å². The highest BCUT2D eigenvalue weighted by Crippen LogP contribution is 2.19. The van der Waals surface area contributed by atoms with Crippen molar-refractivity contribution in [1.29, 1.82) is 0 Å². The molecule has 0 aliphatic carbocycles. The van der Waals surface area contributed by atoms with Crippen molar-refractivity contribution >= 4 is 17.8 Å². The first-order valence-electron chi connectivity index (χ1n) is 7.77. The number of hydrogen-bond acceptors (Lipinski definition) is 7. The third kappa shape index (κ3) is 4.77. The van der Waals surface area contributed by atoms with Crippen LogP contribution in [-0.2, 0) is 23.9 Å². The molecule has 2 aliphatic rings. The van der Waals surface area contributed by atoms with Crippen LogP contribution in [0.3, 0.4) is 0 Å². The van der Waals surface area contributed by atoms with Crippen molar-refractivity contribution in [2.75, 3.05) is 6.61 Å². The van der Waals surface area contributed by atoms with E-state index in [0.29, 0.717) is 12.0 Å². The van der Waals surface area contributed by atoms with Crippen LogP contribution in [0.4, 0.5) is 0 Å². The molecule has 0 fully saturated rings. The number of hydroxylamine groups is 1. The van der Waals surface area contributed by atoms with Gasteiger partial charge in [-0.15, -0.1) is 5.10 Å². The summed E-state index contributed by atoms with van der Waals surface area (Å²) >= 11 is 0. The number of unbranched alkanes of at least 4 members (excludes halogenated alkanes) is 1. The predicted molar refractivity (Wildman–Crippen MR) is 79.7 cm³/mol. The quantitative estimate of drug-likeness (QED) is 0.738. The highest BCUT2D eigenvalue weighted by Gasteiger charge is 2.31. The highest BCUT2D eigenvalue weighted by atomic mass is 16.8. The standard InChI is InChI=1S/C15H22N2O6/c1-3-4-5-12-15(20)22-10(2)16-17(23-12)13(18)7-6-11-8-9-21-14(11)19/h8,12,15,20H,3-7,9H2,1-2H3/t12-,15-/m1/s1. The molecule has 0 bridgehead atoms. The lowest BCUT2D eigenvalue weighted by Crippen LogP contribution is -2.36. The summed E-state index contributed by atoms with van der Waals surface area (Å²) in [6.45, 7) is 3.80. The third-order valence-electron chi connectivity index (χ3n) is 3.55. The molecule has 0 spiro atoms. The molecule has 0 saturated carbocycles. The van der Waals surface area contributed by atoms with E-state index in [2.05, 4.69) is 5.10 Å². The van der Waals surface area contributed by atoms with Gasteiger partial charge in [0.2, 0.25) is 12.2 Å². The van der Waals surface area contributed by atoms with Gasteiger partial charge in [-0.3, -0.25) is 4.79 Å². The average molecular weight is 326 g/mol. The predicted octanol–water partition coefficient (Wildman–Crippen LogP) is 1.25. The number of rotatable bonds is 6. The minimum Gasteiger partial charge on any atom is -0.458 e. The van der Waals surface area contributed by atoms with Gasteiger partial charge in [-0.05, 0) is 18.9 Å². The molecule has 2 atom stereocenters. The number of hydrazone groups is 1. The molecule has 128 valence electrons. The number of hydrogen-bond donors (Lipinski definition) is 1. The number of amides is 1. The van der Waals surface area contributed by atoms with E-state index in [9.17, 15) is 14.7 Å². The van der Waals surface area contributed by atoms with Gasteiger partial charge in [0.15, 0.2) is 0 Å². The van der Waals surface area contributed by atoms with Crippen molar-refractivity contribution in [2.24, 2.45) is 5.10 Å². The summed E-state index contributed by atoms with van der Waals surface area (Å²) in [6.07, 6.45) is 2.42. The van der Waals surface area contributed by atoms with E-state index < -0.39 is 24.3 Å². The maximum atomic E-state index is 12.3. The second-order valence-electron chi connectivity index (χ2n) is 5.41. The van der Waals surface area contributed by atoms with Crippen LogP contribution in [0, 0.1) is 0 Å². The smallest absolute Gasteiger partial charge is 0.334 e. The van der Waals surface area contributed by atoms with Gasteiger partial charge in [0.05, 0.1) is 0 Å². The molecule has 0 saturated heterocycles. The van der Waals surface area contributed by atoms with E-state index in [1.165, 1.54) is 6.92 Å². The van der Waals surface area contributed by atoms with Gasteiger partial charge in [-0.1, -0.05) is 24.9 Å². The summed E-state index contributed by atoms with van der Waals surface area (Å²) in [5.74, 6) is -0.665. The monoisotopic (exact) mass is 326 g/mol. The molecule has 23 heavy (non-hydrogen) atoms. The molecule has 0 aromatic heterocycles. The normalized spacial score (nSPS) is 24.5. The van der Waals surface area contributed by atoms with Crippen molar-refractivity contribution in [3.63, 3.8) is 0 Å². The van der Waals surface area contributed by atoms with Crippen LogP contribution in [0.15, 0.2) is 16.8 Å². The second-order valence-corrected chi connectivity index (χ2v) is 5.41. The number of aliphatic hydroxyl groups is 1. The van der Waals surface area contributed by atoms with Gasteiger partial charge in [-0.25, -0.2) is 9.63 Å². The molecule has 0 aromatic rings. The van der Waals surface area contributed by atoms with E-state index in [4.69, 9.17) is 14.3 Å². The molecule has 2 rings (SSSR count). The molecule has 1 amide bonds. The van der Waals surface area contributed by atoms with E-state index in [-0.39, 0.29) is 25.3 Å². The van der Waals surface area contributed by atoms with Crippen molar-refractivity contribution < 1.29 is 29.0 Å². The first kappa shape index (κ1) is 17.4. The van der Waals surface area contributed by atoms with Gasteiger partial charge in [-0.2, -0.15) is 0 Å². The Morgan fingerprint density at radius 2 is 2.30 bits per heavy atom. The zero-order chi connectivity index (χ0) is 16.8. The maximum Gasteiger partial charge on any atom is 0.334 e. The van der Waals surface area contributed by atoms with Crippen LogP contribution in [0.5, 0.6) is 0 Å². The minimum atomic E-state index is -1.17. The topological polar surface area (TPSA) is 97.7 Å². The van der Waals surface area contributed by atoms with E-state index in [1.807, 2.05) is 6.92 Å². The Kier molecular flexibility index (Phi) is 6.12. The number of ether oxygens (including phenoxy) is 2. The zero-order valence-electron chi connectivity index (χ0n) is 13.4. The van der Waals surface area contributed by atoms with Crippen molar-refractivity contribution in [1.82, 2.24) is 5.17 Å². The Hall–Kier alpha value is -1.93. The Morgan fingerprint density at radius 1 is 1.52 bits per heavy atom. The van der Waals surface area contributed by atoms with Crippen molar-refractivity contribution in [3.8, 4) is 0 Å². The molecule has 0 radical (unpaired) electrons.